The minimum absolute atomic E-state index is 0.126. The van der Waals surface area contributed by atoms with E-state index in [-0.39, 0.29) is 5.91 Å². The van der Waals surface area contributed by atoms with Crippen LogP contribution >= 0.6 is 11.3 Å². The summed E-state index contributed by atoms with van der Waals surface area (Å²) in [5.74, 6) is 1.87. The number of aromatic nitrogens is 1. The Balaban J connectivity index is 1.91. The Morgan fingerprint density at radius 1 is 1.00 bits per heavy atom. The lowest BCUT2D eigenvalue weighted by Gasteiger charge is -2.23. The van der Waals surface area contributed by atoms with Crippen molar-refractivity contribution in [3.8, 4) is 17.2 Å². The summed E-state index contributed by atoms with van der Waals surface area (Å²) in [7, 11) is 3.19. The van der Waals surface area contributed by atoms with Crippen molar-refractivity contribution in [1.82, 2.24) is 9.88 Å². The molecular formula is C26H33N3O4S. The molecule has 1 amide bonds. The van der Waals surface area contributed by atoms with Crippen molar-refractivity contribution >= 4 is 38.7 Å². The van der Waals surface area contributed by atoms with Crippen LogP contribution in [0.25, 0.3) is 16.3 Å². The Bertz CT molecular complexity index is 1120. The third-order valence-corrected chi connectivity index (χ3v) is 6.57. The molecule has 0 saturated heterocycles. The fraction of sp³-hybridized carbons (Fsp3) is 0.385. The Labute approximate surface area is 205 Å². The quantitative estimate of drug-likeness (QED) is 0.334. The molecule has 3 aromatic rings. The fourth-order valence-corrected chi connectivity index (χ4v) is 4.61. The van der Waals surface area contributed by atoms with E-state index in [9.17, 15) is 4.79 Å². The standard InChI is InChI=1S/C26H33N3O4S/c1-6-28(7-2)16-17-29(26-27-25-21(33-8-3)10-9-11-23(25)34-26)24(30)15-13-19-12-14-20(31-4)22(18-19)32-5/h9-15,18H,6-8,16-17H2,1-5H3. The Hall–Kier alpha value is -3.10. The van der Waals surface area contributed by atoms with Crippen molar-refractivity contribution in [3.05, 3.63) is 48.0 Å². The van der Waals surface area contributed by atoms with Crippen molar-refractivity contribution in [2.24, 2.45) is 0 Å². The fourth-order valence-electron chi connectivity index (χ4n) is 3.59. The number of hydrogen-bond donors (Lipinski definition) is 0. The molecule has 0 unspecified atom stereocenters. The molecule has 0 aliphatic carbocycles. The maximum absolute atomic E-state index is 13.4. The molecule has 3 rings (SSSR count). The van der Waals surface area contributed by atoms with Crippen LogP contribution < -0.4 is 19.1 Å². The SMILES string of the molecule is CCOc1cccc2sc(N(CCN(CC)CC)C(=O)C=Cc3ccc(OC)c(OC)c3)nc12. The van der Waals surface area contributed by atoms with Crippen molar-refractivity contribution in [3.63, 3.8) is 0 Å². The normalized spacial score (nSPS) is 11.4. The van der Waals surface area contributed by atoms with Gasteiger partial charge in [0.2, 0.25) is 0 Å². The molecule has 0 saturated carbocycles. The first kappa shape index (κ1) is 25.5. The van der Waals surface area contributed by atoms with Crippen molar-refractivity contribution in [1.29, 1.82) is 0 Å². The molecule has 0 radical (unpaired) electrons. The number of methoxy groups -OCH3 is 2. The first-order valence-electron chi connectivity index (χ1n) is 11.5. The lowest BCUT2D eigenvalue weighted by Crippen LogP contribution is -2.38. The number of hydrogen-bond acceptors (Lipinski definition) is 7. The Morgan fingerprint density at radius 2 is 1.76 bits per heavy atom. The van der Waals surface area contributed by atoms with E-state index >= 15 is 0 Å². The van der Waals surface area contributed by atoms with Gasteiger partial charge in [-0.15, -0.1) is 0 Å². The second-order valence-electron chi connectivity index (χ2n) is 7.50. The summed E-state index contributed by atoms with van der Waals surface area (Å²) in [6, 6.07) is 11.4. The molecule has 0 aliphatic heterocycles. The smallest absolute Gasteiger partial charge is 0.252 e. The van der Waals surface area contributed by atoms with Crippen LogP contribution in [-0.2, 0) is 4.79 Å². The van der Waals surface area contributed by atoms with Gasteiger partial charge >= 0.3 is 0 Å². The first-order chi connectivity index (χ1) is 16.5. The van der Waals surface area contributed by atoms with E-state index < -0.39 is 0 Å². The van der Waals surface area contributed by atoms with Gasteiger partial charge in [-0.2, -0.15) is 0 Å². The van der Waals surface area contributed by atoms with E-state index in [1.165, 1.54) is 11.3 Å². The number of para-hydroxylation sites is 1. The molecule has 7 nitrogen and oxygen atoms in total. The predicted octanol–water partition coefficient (Wildman–Crippen LogP) is 5.10. The van der Waals surface area contributed by atoms with Crippen LogP contribution in [0, 0.1) is 0 Å². The second kappa shape index (κ2) is 12.4. The number of benzene rings is 2. The van der Waals surface area contributed by atoms with E-state index in [0.29, 0.717) is 29.8 Å². The molecule has 0 spiro atoms. The highest BCUT2D eigenvalue weighted by Gasteiger charge is 2.20. The van der Waals surface area contributed by atoms with Gasteiger partial charge in [0, 0.05) is 19.2 Å². The van der Waals surface area contributed by atoms with E-state index in [0.717, 1.165) is 41.2 Å². The molecule has 182 valence electrons. The van der Waals surface area contributed by atoms with Gasteiger partial charge in [-0.05, 0) is 55.9 Å². The summed E-state index contributed by atoms with van der Waals surface area (Å²) in [5, 5.41) is 0.663. The summed E-state index contributed by atoms with van der Waals surface area (Å²) in [6.45, 7) is 9.91. The molecule has 2 aromatic carbocycles. The number of ether oxygens (including phenoxy) is 3. The summed E-state index contributed by atoms with van der Waals surface area (Å²) in [6.07, 6.45) is 3.37. The van der Waals surface area contributed by atoms with E-state index in [1.807, 2.05) is 43.3 Å². The molecular weight excluding hydrogens is 450 g/mol. The lowest BCUT2D eigenvalue weighted by molar-refractivity contribution is -0.114. The van der Waals surface area contributed by atoms with E-state index in [4.69, 9.17) is 19.2 Å². The van der Waals surface area contributed by atoms with Crippen molar-refractivity contribution in [2.45, 2.75) is 20.8 Å². The van der Waals surface area contributed by atoms with Crippen LogP contribution in [0.1, 0.15) is 26.3 Å². The van der Waals surface area contributed by atoms with Gasteiger partial charge in [-0.1, -0.05) is 37.3 Å². The van der Waals surface area contributed by atoms with Crippen LogP contribution in [0.2, 0.25) is 0 Å². The van der Waals surface area contributed by atoms with Crippen molar-refractivity contribution < 1.29 is 19.0 Å². The minimum Gasteiger partial charge on any atom is -0.493 e. The van der Waals surface area contributed by atoms with Crippen LogP contribution in [0.5, 0.6) is 17.2 Å². The molecule has 34 heavy (non-hydrogen) atoms. The van der Waals surface area contributed by atoms with Gasteiger partial charge in [0.15, 0.2) is 16.6 Å². The highest BCUT2D eigenvalue weighted by Crippen LogP contribution is 2.34. The molecule has 1 aromatic heterocycles. The topological polar surface area (TPSA) is 64.1 Å². The van der Waals surface area contributed by atoms with Crippen LogP contribution in [0.4, 0.5) is 5.13 Å². The van der Waals surface area contributed by atoms with Gasteiger partial charge in [0.25, 0.3) is 5.91 Å². The van der Waals surface area contributed by atoms with Crippen LogP contribution in [0.3, 0.4) is 0 Å². The minimum atomic E-state index is -0.126. The van der Waals surface area contributed by atoms with Crippen molar-refractivity contribution in [2.75, 3.05) is 51.9 Å². The zero-order valence-electron chi connectivity index (χ0n) is 20.5. The van der Waals surface area contributed by atoms with Crippen LogP contribution in [0.15, 0.2) is 42.5 Å². The molecule has 0 N–H and O–H groups in total. The number of amides is 1. The average Bonchev–Trinajstić information content (AvgIpc) is 3.30. The number of rotatable bonds is 12. The predicted molar refractivity (Wildman–Crippen MR) is 140 cm³/mol. The summed E-state index contributed by atoms with van der Waals surface area (Å²) in [5.41, 5.74) is 1.63. The maximum atomic E-state index is 13.4. The summed E-state index contributed by atoms with van der Waals surface area (Å²) < 4.78 is 17.4. The van der Waals surface area contributed by atoms with Gasteiger partial charge in [-0.3, -0.25) is 9.69 Å². The number of carbonyl (C=O) groups is 1. The zero-order chi connectivity index (χ0) is 24.5. The number of likely N-dealkylation sites (N-methyl/N-ethyl adjacent to an activating group) is 1. The zero-order valence-corrected chi connectivity index (χ0v) is 21.4. The molecule has 0 atom stereocenters. The number of fused-ring (bicyclic) bond motifs is 1. The Morgan fingerprint density at radius 3 is 2.44 bits per heavy atom. The lowest BCUT2D eigenvalue weighted by atomic mass is 10.2. The third-order valence-electron chi connectivity index (χ3n) is 5.53. The maximum Gasteiger partial charge on any atom is 0.252 e. The monoisotopic (exact) mass is 483 g/mol. The first-order valence-corrected chi connectivity index (χ1v) is 12.3. The largest absolute Gasteiger partial charge is 0.493 e. The molecule has 1 heterocycles. The summed E-state index contributed by atoms with van der Waals surface area (Å²) >= 11 is 1.50. The highest BCUT2D eigenvalue weighted by atomic mass is 32.1. The van der Waals surface area contributed by atoms with Gasteiger partial charge in [0.1, 0.15) is 11.3 Å². The Kier molecular flexibility index (Phi) is 9.30. The van der Waals surface area contributed by atoms with E-state index in [1.54, 1.807) is 31.3 Å². The van der Waals surface area contributed by atoms with Gasteiger partial charge < -0.3 is 19.1 Å². The third kappa shape index (κ3) is 6.07. The molecule has 0 aliphatic rings. The molecule has 0 fully saturated rings. The highest BCUT2D eigenvalue weighted by molar-refractivity contribution is 7.22. The molecule has 0 bridgehead atoms. The van der Waals surface area contributed by atoms with Gasteiger partial charge in [-0.25, -0.2) is 4.98 Å². The van der Waals surface area contributed by atoms with Crippen LogP contribution in [-0.4, -0.2) is 62.8 Å². The number of thiazole rings is 1. The number of carbonyl (C=O) groups excluding carboxylic acids is 1. The molecule has 8 heteroatoms. The average molecular weight is 484 g/mol. The van der Waals surface area contributed by atoms with E-state index in [2.05, 4.69) is 18.7 Å². The number of anilines is 1. The second-order valence-corrected chi connectivity index (χ2v) is 8.51. The summed E-state index contributed by atoms with van der Waals surface area (Å²) in [4.78, 5) is 22.2. The number of nitrogens with zero attached hydrogens (tertiary/aromatic N) is 3. The van der Waals surface area contributed by atoms with Gasteiger partial charge in [0.05, 0.1) is 25.5 Å².